The highest BCUT2D eigenvalue weighted by molar-refractivity contribution is 5.27. The molecule has 0 aromatic carbocycles. The van der Waals surface area contributed by atoms with Crippen LogP contribution in [-0.2, 0) is 0 Å². The zero-order valence-electron chi connectivity index (χ0n) is 14.0. The van der Waals surface area contributed by atoms with Gasteiger partial charge in [0.25, 0.3) is 0 Å². The number of fused-ring (bicyclic) bond motifs is 4. The van der Waals surface area contributed by atoms with Gasteiger partial charge in [-0.1, -0.05) is 31.1 Å². The fourth-order valence-electron chi connectivity index (χ4n) is 6.83. The van der Waals surface area contributed by atoms with E-state index in [9.17, 15) is 0 Å². The van der Waals surface area contributed by atoms with Gasteiger partial charge in [0.1, 0.15) is 0 Å². The van der Waals surface area contributed by atoms with Crippen LogP contribution in [0, 0.1) is 35.0 Å². The van der Waals surface area contributed by atoms with Gasteiger partial charge < -0.3 is 0 Å². The van der Waals surface area contributed by atoms with E-state index in [1.54, 1.807) is 0 Å². The van der Waals surface area contributed by atoms with Gasteiger partial charge in [-0.05, 0) is 92.8 Å². The van der Waals surface area contributed by atoms with Crippen LogP contribution < -0.4 is 0 Å². The van der Waals surface area contributed by atoms with Gasteiger partial charge in [-0.15, -0.1) is 6.58 Å². The van der Waals surface area contributed by atoms with Crippen LogP contribution in [0.25, 0.3) is 0 Å². The van der Waals surface area contributed by atoms with Crippen molar-refractivity contribution in [1.29, 1.82) is 0 Å². The van der Waals surface area contributed by atoms with Crippen LogP contribution >= 0.6 is 0 Å². The van der Waals surface area contributed by atoms with Gasteiger partial charge in [0.05, 0.1) is 0 Å². The average molecular weight is 284 g/mol. The average Bonchev–Trinajstić information content (AvgIpc) is 2.83. The summed E-state index contributed by atoms with van der Waals surface area (Å²) < 4.78 is 0. The molecule has 2 fully saturated rings. The second-order valence-electron chi connectivity index (χ2n) is 8.86. The Bertz CT molecular complexity index is 470. The maximum Gasteiger partial charge on any atom is -0.0169 e. The molecule has 2 saturated carbocycles. The summed E-state index contributed by atoms with van der Waals surface area (Å²) in [5.41, 5.74) is 4.44. The van der Waals surface area contributed by atoms with Crippen molar-refractivity contribution in [2.75, 3.05) is 0 Å². The van der Waals surface area contributed by atoms with Crippen molar-refractivity contribution in [3.63, 3.8) is 0 Å². The van der Waals surface area contributed by atoms with Crippen LogP contribution in [-0.4, -0.2) is 0 Å². The molecule has 0 heteroatoms. The first kappa shape index (κ1) is 14.1. The first-order chi connectivity index (χ1) is 10.1. The summed E-state index contributed by atoms with van der Waals surface area (Å²) in [5.74, 6) is 4.73. The Morgan fingerprint density at radius 1 is 1.10 bits per heavy atom. The molecule has 0 aromatic heterocycles. The van der Waals surface area contributed by atoms with Gasteiger partial charge in [0.15, 0.2) is 0 Å². The highest BCUT2D eigenvalue weighted by atomic mass is 14.6. The van der Waals surface area contributed by atoms with Crippen LogP contribution in [0.3, 0.4) is 0 Å². The maximum absolute atomic E-state index is 4.15. The van der Waals surface area contributed by atoms with Crippen LogP contribution in [0.5, 0.6) is 0 Å². The molecule has 0 saturated heterocycles. The molecular formula is C21H32. The van der Waals surface area contributed by atoms with Crippen molar-refractivity contribution in [2.24, 2.45) is 35.0 Å². The van der Waals surface area contributed by atoms with Crippen molar-refractivity contribution in [1.82, 2.24) is 0 Å². The third-order valence-corrected chi connectivity index (χ3v) is 7.98. The number of rotatable bonds is 1. The lowest BCUT2D eigenvalue weighted by atomic mass is 9.53. The molecule has 0 aliphatic heterocycles. The lowest BCUT2D eigenvalue weighted by Gasteiger charge is -2.52. The van der Waals surface area contributed by atoms with Crippen molar-refractivity contribution in [3.05, 3.63) is 23.8 Å². The van der Waals surface area contributed by atoms with E-state index >= 15 is 0 Å². The van der Waals surface area contributed by atoms with Gasteiger partial charge in [0.2, 0.25) is 0 Å². The minimum Gasteiger partial charge on any atom is -0.103 e. The Morgan fingerprint density at radius 3 is 2.76 bits per heavy atom. The Balaban J connectivity index is 1.63. The lowest BCUT2D eigenvalue weighted by Crippen LogP contribution is -2.43. The van der Waals surface area contributed by atoms with E-state index in [0.717, 1.165) is 29.6 Å². The summed E-state index contributed by atoms with van der Waals surface area (Å²) in [4.78, 5) is 0. The molecule has 0 bridgehead atoms. The number of hydrogen-bond donors (Lipinski definition) is 0. The van der Waals surface area contributed by atoms with Gasteiger partial charge in [-0.25, -0.2) is 0 Å². The monoisotopic (exact) mass is 284 g/mol. The molecule has 0 spiro atoms. The Morgan fingerprint density at radius 2 is 1.95 bits per heavy atom. The summed E-state index contributed by atoms with van der Waals surface area (Å²) in [6.45, 7) is 9.20. The van der Waals surface area contributed by atoms with Crippen LogP contribution in [0.1, 0.15) is 71.6 Å². The van der Waals surface area contributed by atoms with Crippen molar-refractivity contribution in [2.45, 2.75) is 71.6 Å². The molecule has 0 nitrogen and oxygen atoms in total. The van der Waals surface area contributed by atoms with Crippen LogP contribution in [0.2, 0.25) is 0 Å². The van der Waals surface area contributed by atoms with Crippen molar-refractivity contribution < 1.29 is 0 Å². The minimum absolute atomic E-state index is 0.586. The summed E-state index contributed by atoms with van der Waals surface area (Å²) in [6.07, 6.45) is 15.4. The molecule has 0 amide bonds. The molecule has 0 N–H and O–H groups in total. The molecule has 0 radical (unpaired) electrons. The number of allylic oxidation sites excluding steroid dienone is 3. The van der Waals surface area contributed by atoms with E-state index in [1.807, 2.05) is 11.1 Å². The predicted octanol–water partition coefficient (Wildman–Crippen LogP) is 6.14. The molecule has 6 atom stereocenters. The zero-order chi connectivity index (χ0) is 14.6. The molecule has 4 rings (SSSR count). The van der Waals surface area contributed by atoms with E-state index in [0.29, 0.717) is 5.41 Å². The normalized spacial score (nSPS) is 49.3. The number of hydrogen-bond acceptors (Lipinski definition) is 0. The molecule has 0 heterocycles. The second-order valence-corrected chi connectivity index (χ2v) is 8.86. The van der Waals surface area contributed by atoms with Gasteiger partial charge >= 0.3 is 0 Å². The first-order valence-corrected chi connectivity index (χ1v) is 9.47. The van der Waals surface area contributed by atoms with E-state index in [2.05, 4.69) is 26.5 Å². The summed E-state index contributed by atoms with van der Waals surface area (Å²) >= 11 is 0. The minimum atomic E-state index is 0.586. The second kappa shape index (κ2) is 5.00. The van der Waals surface area contributed by atoms with E-state index in [4.69, 9.17) is 0 Å². The molecule has 4 unspecified atom stereocenters. The van der Waals surface area contributed by atoms with E-state index in [-0.39, 0.29) is 0 Å². The predicted molar refractivity (Wildman–Crippen MR) is 90.0 cm³/mol. The zero-order valence-corrected chi connectivity index (χ0v) is 14.0. The fourth-order valence-corrected chi connectivity index (χ4v) is 6.83. The maximum atomic E-state index is 4.15. The van der Waals surface area contributed by atoms with Crippen LogP contribution in [0.4, 0.5) is 0 Å². The SMILES string of the molecule is C=C[C@H]1CCC2C3CCC4=C(CCC(C)C4)C3CC[C@@]21C. The van der Waals surface area contributed by atoms with Gasteiger partial charge in [-0.3, -0.25) is 0 Å². The third kappa shape index (κ3) is 2.01. The van der Waals surface area contributed by atoms with Crippen LogP contribution in [0.15, 0.2) is 23.8 Å². The quantitative estimate of drug-likeness (QED) is 0.507. The van der Waals surface area contributed by atoms with E-state index < -0.39 is 0 Å². The van der Waals surface area contributed by atoms with Crippen molar-refractivity contribution in [3.8, 4) is 0 Å². The summed E-state index contributed by atoms with van der Waals surface area (Å²) in [6, 6.07) is 0. The highest BCUT2D eigenvalue weighted by Gasteiger charge is 2.54. The van der Waals surface area contributed by atoms with Gasteiger partial charge in [0, 0.05) is 0 Å². The highest BCUT2D eigenvalue weighted by Crippen LogP contribution is 2.63. The lowest BCUT2D eigenvalue weighted by molar-refractivity contribution is 0.0236. The van der Waals surface area contributed by atoms with Gasteiger partial charge in [-0.2, -0.15) is 0 Å². The Labute approximate surface area is 131 Å². The standard InChI is InChI=1S/C21H32/c1-4-16-7-10-20-19-9-6-15-13-14(2)5-8-17(15)18(19)11-12-21(16,20)3/h4,14,16,18-20H,1,5-13H2,2-3H3/t14?,16-,18?,19?,20?,21+/m0/s1. The molecule has 21 heavy (non-hydrogen) atoms. The molecule has 0 aromatic rings. The largest absolute Gasteiger partial charge is 0.103 e. The summed E-state index contributed by atoms with van der Waals surface area (Å²) in [5, 5.41) is 0. The topological polar surface area (TPSA) is 0 Å². The molecule has 4 aliphatic carbocycles. The summed E-state index contributed by atoms with van der Waals surface area (Å²) in [7, 11) is 0. The Hall–Kier alpha value is -0.520. The smallest absolute Gasteiger partial charge is 0.0169 e. The molecule has 4 aliphatic rings. The van der Waals surface area contributed by atoms with E-state index in [1.165, 1.54) is 57.8 Å². The molecular weight excluding hydrogens is 252 g/mol. The Kier molecular flexibility index (Phi) is 3.36. The fraction of sp³-hybridized carbons (Fsp3) is 0.810. The molecule has 116 valence electrons. The van der Waals surface area contributed by atoms with Crippen molar-refractivity contribution >= 4 is 0 Å². The first-order valence-electron chi connectivity index (χ1n) is 9.47. The third-order valence-electron chi connectivity index (χ3n) is 7.98.